The topological polar surface area (TPSA) is 25.2 Å². The molecular formula is C14H17F2NO. The average Bonchev–Trinajstić information content (AvgIpc) is 2.65. The molecule has 1 unspecified atom stereocenters. The van der Waals surface area contributed by atoms with Gasteiger partial charge in [-0.1, -0.05) is 6.92 Å². The summed E-state index contributed by atoms with van der Waals surface area (Å²) in [5.74, 6) is -0.561. The van der Waals surface area contributed by atoms with E-state index in [-0.39, 0.29) is 11.6 Å². The summed E-state index contributed by atoms with van der Waals surface area (Å²) in [6.07, 6.45) is 1.01. The van der Waals surface area contributed by atoms with Crippen molar-refractivity contribution >= 4 is 11.0 Å². The van der Waals surface area contributed by atoms with Gasteiger partial charge in [0.2, 0.25) is 0 Å². The van der Waals surface area contributed by atoms with E-state index in [1.807, 2.05) is 13.8 Å². The highest BCUT2D eigenvalue weighted by atomic mass is 19.1. The number of hydrogen-bond acceptors (Lipinski definition) is 2. The molecular weight excluding hydrogens is 236 g/mol. The SMILES string of the molecule is CCCNC(C)c1oc2c(F)cc(F)cc2c1C. The summed E-state index contributed by atoms with van der Waals surface area (Å²) >= 11 is 0. The highest BCUT2D eigenvalue weighted by molar-refractivity contribution is 5.82. The Labute approximate surface area is 105 Å². The lowest BCUT2D eigenvalue weighted by molar-refractivity contribution is 0.439. The fraction of sp³-hybridized carbons (Fsp3) is 0.429. The van der Waals surface area contributed by atoms with Gasteiger partial charge in [0.05, 0.1) is 6.04 Å². The first kappa shape index (κ1) is 13.0. The molecule has 1 heterocycles. The Kier molecular flexibility index (Phi) is 3.66. The lowest BCUT2D eigenvalue weighted by Gasteiger charge is -2.11. The number of aryl methyl sites for hydroxylation is 1. The smallest absolute Gasteiger partial charge is 0.170 e. The van der Waals surface area contributed by atoms with Gasteiger partial charge in [-0.2, -0.15) is 0 Å². The number of halogens is 2. The van der Waals surface area contributed by atoms with Gasteiger partial charge in [-0.25, -0.2) is 8.78 Å². The molecule has 18 heavy (non-hydrogen) atoms. The molecule has 98 valence electrons. The summed E-state index contributed by atoms with van der Waals surface area (Å²) in [5.41, 5.74) is 0.925. The van der Waals surface area contributed by atoms with Crippen molar-refractivity contribution in [1.29, 1.82) is 0 Å². The number of rotatable bonds is 4. The van der Waals surface area contributed by atoms with Gasteiger partial charge in [0.25, 0.3) is 0 Å². The molecule has 0 fully saturated rings. The maximum atomic E-state index is 13.6. The largest absolute Gasteiger partial charge is 0.456 e. The van der Waals surface area contributed by atoms with Crippen molar-refractivity contribution < 1.29 is 13.2 Å². The Bertz CT molecular complexity index is 562. The molecule has 0 aliphatic heterocycles. The molecule has 2 aromatic rings. The van der Waals surface area contributed by atoms with Crippen LogP contribution >= 0.6 is 0 Å². The van der Waals surface area contributed by atoms with E-state index < -0.39 is 11.6 Å². The fourth-order valence-corrected chi connectivity index (χ4v) is 2.13. The van der Waals surface area contributed by atoms with Crippen molar-refractivity contribution in [1.82, 2.24) is 5.32 Å². The van der Waals surface area contributed by atoms with Crippen molar-refractivity contribution in [3.8, 4) is 0 Å². The molecule has 1 aromatic carbocycles. The lowest BCUT2D eigenvalue weighted by atomic mass is 10.1. The zero-order chi connectivity index (χ0) is 13.3. The third-order valence-corrected chi connectivity index (χ3v) is 3.09. The first-order valence-corrected chi connectivity index (χ1v) is 6.16. The summed E-state index contributed by atoms with van der Waals surface area (Å²) in [6, 6.07) is 2.15. The summed E-state index contributed by atoms with van der Waals surface area (Å²) in [5, 5.41) is 3.78. The van der Waals surface area contributed by atoms with Crippen molar-refractivity contribution in [2.24, 2.45) is 0 Å². The van der Waals surface area contributed by atoms with Crippen LogP contribution in [0.5, 0.6) is 0 Å². The van der Waals surface area contributed by atoms with Crippen molar-refractivity contribution in [3.63, 3.8) is 0 Å². The molecule has 0 amide bonds. The minimum Gasteiger partial charge on any atom is -0.456 e. The van der Waals surface area contributed by atoms with E-state index >= 15 is 0 Å². The average molecular weight is 253 g/mol. The summed E-state index contributed by atoms with van der Waals surface area (Å²) < 4.78 is 32.3. The minimum atomic E-state index is -0.651. The second kappa shape index (κ2) is 5.06. The first-order valence-electron chi connectivity index (χ1n) is 6.16. The normalized spacial score (nSPS) is 13.2. The molecule has 2 nitrogen and oxygen atoms in total. The monoisotopic (exact) mass is 253 g/mol. The first-order chi connectivity index (χ1) is 8.54. The molecule has 0 radical (unpaired) electrons. The zero-order valence-electron chi connectivity index (χ0n) is 10.8. The molecule has 0 spiro atoms. The zero-order valence-corrected chi connectivity index (χ0v) is 10.8. The van der Waals surface area contributed by atoms with Crippen LogP contribution in [0.2, 0.25) is 0 Å². The highest BCUT2D eigenvalue weighted by Crippen LogP contribution is 2.31. The molecule has 0 bridgehead atoms. The molecule has 0 saturated heterocycles. The molecule has 4 heteroatoms. The van der Waals surface area contributed by atoms with Gasteiger partial charge in [0, 0.05) is 17.0 Å². The second-order valence-electron chi connectivity index (χ2n) is 4.53. The van der Waals surface area contributed by atoms with Crippen LogP contribution in [0.25, 0.3) is 11.0 Å². The Hall–Kier alpha value is -1.42. The number of benzene rings is 1. The third kappa shape index (κ3) is 2.25. The van der Waals surface area contributed by atoms with Crippen LogP contribution in [0.3, 0.4) is 0 Å². The van der Waals surface area contributed by atoms with E-state index in [0.29, 0.717) is 11.1 Å². The van der Waals surface area contributed by atoms with Crippen molar-refractivity contribution in [3.05, 3.63) is 35.1 Å². The molecule has 2 rings (SSSR count). The van der Waals surface area contributed by atoms with Crippen LogP contribution in [-0.4, -0.2) is 6.54 Å². The van der Waals surface area contributed by atoms with Crippen molar-refractivity contribution in [2.75, 3.05) is 6.54 Å². The van der Waals surface area contributed by atoms with Gasteiger partial charge >= 0.3 is 0 Å². The second-order valence-corrected chi connectivity index (χ2v) is 4.53. The Balaban J connectivity index is 2.47. The maximum Gasteiger partial charge on any atom is 0.170 e. The molecule has 1 atom stereocenters. The minimum absolute atomic E-state index is 0.0141. The van der Waals surface area contributed by atoms with Crippen LogP contribution in [0.15, 0.2) is 16.5 Å². The molecule has 0 aliphatic carbocycles. The summed E-state index contributed by atoms with van der Waals surface area (Å²) in [6.45, 7) is 6.70. The third-order valence-electron chi connectivity index (χ3n) is 3.09. The highest BCUT2D eigenvalue weighted by Gasteiger charge is 2.19. The predicted molar refractivity (Wildman–Crippen MR) is 67.6 cm³/mol. The van der Waals surface area contributed by atoms with E-state index in [1.165, 1.54) is 6.07 Å². The summed E-state index contributed by atoms with van der Waals surface area (Å²) in [7, 11) is 0. The quantitative estimate of drug-likeness (QED) is 0.888. The van der Waals surface area contributed by atoms with Crippen LogP contribution in [0.1, 0.15) is 37.6 Å². The number of nitrogens with one attached hydrogen (secondary N) is 1. The van der Waals surface area contributed by atoms with Crippen LogP contribution < -0.4 is 5.32 Å². The fourth-order valence-electron chi connectivity index (χ4n) is 2.13. The number of hydrogen-bond donors (Lipinski definition) is 1. The van der Waals surface area contributed by atoms with Gasteiger partial charge < -0.3 is 9.73 Å². The predicted octanol–water partition coefficient (Wildman–Crippen LogP) is 4.08. The Morgan fingerprint density at radius 3 is 2.72 bits per heavy atom. The Morgan fingerprint density at radius 1 is 1.33 bits per heavy atom. The molecule has 0 aliphatic rings. The number of fused-ring (bicyclic) bond motifs is 1. The van der Waals surface area contributed by atoms with Gasteiger partial charge in [0.15, 0.2) is 11.4 Å². The van der Waals surface area contributed by atoms with E-state index in [2.05, 4.69) is 12.2 Å². The van der Waals surface area contributed by atoms with E-state index in [1.54, 1.807) is 0 Å². The van der Waals surface area contributed by atoms with E-state index in [9.17, 15) is 8.78 Å². The molecule has 1 N–H and O–H groups in total. The number of furan rings is 1. The van der Waals surface area contributed by atoms with Crippen molar-refractivity contribution in [2.45, 2.75) is 33.2 Å². The molecule has 1 aromatic heterocycles. The molecule has 0 saturated carbocycles. The van der Waals surface area contributed by atoms with E-state index in [4.69, 9.17) is 4.42 Å². The van der Waals surface area contributed by atoms with Gasteiger partial charge in [-0.15, -0.1) is 0 Å². The maximum absolute atomic E-state index is 13.6. The van der Waals surface area contributed by atoms with E-state index in [0.717, 1.165) is 24.6 Å². The van der Waals surface area contributed by atoms with Crippen LogP contribution in [0.4, 0.5) is 8.78 Å². The Morgan fingerprint density at radius 2 is 2.06 bits per heavy atom. The standard InChI is InChI=1S/C14H17F2NO/c1-4-5-17-9(3)13-8(2)11-6-10(15)7-12(16)14(11)18-13/h6-7,9,17H,4-5H2,1-3H3. The summed E-state index contributed by atoms with van der Waals surface area (Å²) in [4.78, 5) is 0. The lowest BCUT2D eigenvalue weighted by Crippen LogP contribution is -2.19. The van der Waals surface area contributed by atoms with Crippen LogP contribution in [-0.2, 0) is 0 Å². The van der Waals surface area contributed by atoms with Crippen LogP contribution in [0, 0.1) is 18.6 Å². The van der Waals surface area contributed by atoms with Gasteiger partial charge in [0.1, 0.15) is 11.6 Å². The van der Waals surface area contributed by atoms with Gasteiger partial charge in [-0.3, -0.25) is 0 Å². The van der Waals surface area contributed by atoms with Gasteiger partial charge in [-0.05, 0) is 32.9 Å².